The van der Waals surface area contributed by atoms with Gasteiger partial charge >= 0.3 is 0 Å². The zero-order valence-electron chi connectivity index (χ0n) is 14.9. The molecule has 0 saturated heterocycles. The van der Waals surface area contributed by atoms with Crippen LogP contribution in [0.5, 0.6) is 0 Å². The van der Waals surface area contributed by atoms with Crippen molar-refractivity contribution in [3.63, 3.8) is 0 Å². The van der Waals surface area contributed by atoms with E-state index in [1.54, 1.807) is 0 Å². The molecule has 2 heteroatoms. The largest absolute Gasteiger partial charge is 0.416 e. The van der Waals surface area contributed by atoms with Crippen LogP contribution in [0.4, 0.5) is 0 Å². The summed E-state index contributed by atoms with van der Waals surface area (Å²) in [6.07, 6.45) is 12.4. The smallest absolute Gasteiger partial charge is 0.200 e. The fourth-order valence-electron chi connectivity index (χ4n) is 4.26. The topological polar surface area (TPSA) is 9.23 Å². The summed E-state index contributed by atoms with van der Waals surface area (Å²) in [6, 6.07) is 0. The second kappa shape index (κ2) is 8.20. The third-order valence-electron chi connectivity index (χ3n) is 5.24. The molecular weight excluding hydrogens is 272 g/mol. The highest BCUT2D eigenvalue weighted by Crippen LogP contribution is 2.42. The number of allylic oxidation sites excluding steroid dienone is 2. The molecule has 0 aromatic rings. The molecule has 1 aliphatic carbocycles. The lowest BCUT2D eigenvalue weighted by Gasteiger charge is -2.42. The van der Waals surface area contributed by atoms with Gasteiger partial charge in [-0.1, -0.05) is 53.5 Å². The maximum Gasteiger partial charge on any atom is 0.200 e. The molecule has 0 spiro atoms. The molecular formula is C19H34OSi. The van der Waals surface area contributed by atoms with E-state index in [4.69, 9.17) is 10.8 Å². The summed E-state index contributed by atoms with van der Waals surface area (Å²) in [4.78, 5) is 0. The van der Waals surface area contributed by atoms with E-state index in [0.29, 0.717) is 16.6 Å². The van der Waals surface area contributed by atoms with Crippen molar-refractivity contribution in [3.05, 3.63) is 11.6 Å². The Hall–Kier alpha value is -0.523. The zero-order chi connectivity index (χ0) is 16.0. The van der Waals surface area contributed by atoms with Gasteiger partial charge in [0.2, 0.25) is 0 Å². The molecule has 21 heavy (non-hydrogen) atoms. The average molecular weight is 307 g/mol. The summed E-state index contributed by atoms with van der Waals surface area (Å²) in [5.74, 6) is 3.55. The number of hydrogen-bond acceptors (Lipinski definition) is 1. The van der Waals surface area contributed by atoms with Gasteiger partial charge in [-0.2, -0.15) is 0 Å². The molecule has 0 bridgehead atoms. The second-order valence-corrected chi connectivity index (χ2v) is 12.9. The highest BCUT2D eigenvalue weighted by Gasteiger charge is 2.44. The number of hydrogen-bond donors (Lipinski definition) is 0. The Kier molecular flexibility index (Phi) is 7.23. The van der Waals surface area contributed by atoms with Crippen LogP contribution in [0.1, 0.15) is 67.2 Å². The van der Waals surface area contributed by atoms with E-state index in [9.17, 15) is 0 Å². The summed E-state index contributed by atoms with van der Waals surface area (Å²) in [5.41, 5.74) is 3.21. The molecule has 0 heterocycles. The van der Waals surface area contributed by atoms with Crippen LogP contribution in [-0.2, 0) is 4.43 Å². The molecule has 0 fully saturated rings. The predicted molar refractivity (Wildman–Crippen MR) is 95.9 cm³/mol. The van der Waals surface area contributed by atoms with Crippen molar-refractivity contribution >= 4 is 8.32 Å². The lowest BCUT2D eigenvalue weighted by atomic mass is 9.87. The van der Waals surface area contributed by atoms with Crippen LogP contribution >= 0.6 is 0 Å². The third-order valence-corrected chi connectivity index (χ3v) is 11.4. The van der Waals surface area contributed by atoms with E-state index in [-0.39, 0.29) is 0 Å². The first-order valence-electron chi connectivity index (χ1n) is 8.64. The highest BCUT2D eigenvalue weighted by molar-refractivity contribution is 6.77. The van der Waals surface area contributed by atoms with E-state index in [1.807, 2.05) is 0 Å². The molecule has 0 saturated carbocycles. The molecule has 0 aliphatic heterocycles. The Morgan fingerprint density at radius 3 is 2.24 bits per heavy atom. The molecule has 0 N–H and O–H groups in total. The van der Waals surface area contributed by atoms with Gasteiger partial charge in [0.15, 0.2) is 8.32 Å². The van der Waals surface area contributed by atoms with Crippen LogP contribution in [0.15, 0.2) is 11.6 Å². The molecule has 1 nitrogen and oxygen atoms in total. The Balaban J connectivity index is 2.59. The number of rotatable bonds is 7. The SMILES string of the molecule is C#CC1=CCCC(CCO[Si](C(C)C)(C(C)C)C(C)C)C1. The first kappa shape index (κ1) is 18.5. The standard InChI is InChI=1S/C19H34OSi/c1-8-18-10-9-11-19(14-18)12-13-20-21(15(2)3,16(4)5)17(6)7/h1,10,15-17,19H,9,11-14H2,2-7H3. The summed E-state index contributed by atoms with van der Waals surface area (Å²) < 4.78 is 6.65. The maximum absolute atomic E-state index is 6.65. The molecule has 0 radical (unpaired) electrons. The van der Waals surface area contributed by atoms with E-state index in [0.717, 1.165) is 25.4 Å². The summed E-state index contributed by atoms with van der Waals surface area (Å²) >= 11 is 0. The van der Waals surface area contributed by atoms with Crippen molar-refractivity contribution in [1.29, 1.82) is 0 Å². The average Bonchev–Trinajstić information content (AvgIpc) is 2.42. The van der Waals surface area contributed by atoms with Crippen molar-refractivity contribution in [1.82, 2.24) is 0 Å². The monoisotopic (exact) mass is 306 g/mol. The highest BCUT2D eigenvalue weighted by atomic mass is 28.4. The summed E-state index contributed by atoms with van der Waals surface area (Å²) in [6.45, 7) is 15.0. The quantitative estimate of drug-likeness (QED) is 0.418. The summed E-state index contributed by atoms with van der Waals surface area (Å²) in [5, 5.41) is 0. The molecule has 1 atom stereocenters. The number of terminal acetylenes is 1. The van der Waals surface area contributed by atoms with Crippen molar-refractivity contribution in [2.45, 2.75) is 83.8 Å². The lowest BCUT2D eigenvalue weighted by Crippen LogP contribution is -2.48. The van der Waals surface area contributed by atoms with Gasteiger partial charge < -0.3 is 4.43 Å². The van der Waals surface area contributed by atoms with Gasteiger partial charge in [0.1, 0.15) is 0 Å². The van der Waals surface area contributed by atoms with E-state index < -0.39 is 8.32 Å². The van der Waals surface area contributed by atoms with Crippen LogP contribution in [0, 0.1) is 18.3 Å². The van der Waals surface area contributed by atoms with E-state index >= 15 is 0 Å². The fraction of sp³-hybridized carbons (Fsp3) is 0.789. The fourth-order valence-corrected chi connectivity index (χ4v) is 9.73. The maximum atomic E-state index is 6.65. The predicted octanol–water partition coefficient (Wildman–Crippen LogP) is 5.93. The summed E-state index contributed by atoms with van der Waals surface area (Å²) in [7, 11) is -1.69. The van der Waals surface area contributed by atoms with Crippen molar-refractivity contribution < 1.29 is 4.43 Å². The van der Waals surface area contributed by atoms with Crippen LogP contribution < -0.4 is 0 Å². The molecule has 120 valence electrons. The van der Waals surface area contributed by atoms with Gasteiger partial charge in [-0.3, -0.25) is 0 Å². The Morgan fingerprint density at radius 2 is 1.76 bits per heavy atom. The van der Waals surface area contributed by atoms with Crippen molar-refractivity contribution in [2.24, 2.45) is 5.92 Å². The van der Waals surface area contributed by atoms with E-state index in [2.05, 4.69) is 53.5 Å². The molecule has 1 aliphatic rings. The Labute approximate surface area is 133 Å². The first-order chi connectivity index (χ1) is 9.84. The molecule has 0 amide bonds. The van der Waals surface area contributed by atoms with Gasteiger partial charge in [0.05, 0.1) is 0 Å². The Bertz CT molecular complexity index is 365. The second-order valence-electron chi connectivity index (χ2n) is 7.48. The minimum atomic E-state index is -1.69. The van der Waals surface area contributed by atoms with Crippen LogP contribution in [0.2, 0.25) is 16.6 Å². The molecule has 0 aromatic heterocycles. The molecule has 1 unspecified atom stereocenters. The normalized spacial score (nSPS) is 20.0. The van der Waals surface area contributed by atoms with E-state index in [1.165, 1.54) is 18.4 Å². The Morgan fingerprint density at radius 1 is 1.19 bits per heavy atom. The van der Waals surface area contributed by atoms with Gasteiger partial charge in [-0.15, -0.1) is 6.42 Å². The molecule has 0 aromatic carbocycles. The first-order valence-corrected chi connectivity index (χ1v) is 10.8. The van der Waals surface area contributed by atoms with Crippen molar-refractivity contribution in [3.8, 4) is 12.3 Å². The van der Waals surface area contributed by atoms with Crippen molar-refractivity contribution in [2.75, 3.05) is 6.61 Å². The molecule has 1 rings (SSSR count). The van der Waals surface area contributed by atoms with Crippen LogP contribution in [-0.4, -0.2) is 14.9 Å². The minimum Gasteiger partial charge on any atom is -0.416 e. The van der Waals surface area contributed by atoms with Crippen LogP contribution in [0.25, 0.3) is 0 Å². The minimum absolute atomic E-state index is 0.671. The van der Waals surface area contributed by atoms with Gasteiger partial charge in [0, 0.05) is 6.61 Å². The lowest BCUT2D eigenvalue weighted by molar-refractivity contribution is 0.241. The third kappa shape index (κ3) is 4.47. The van der Waals surface area contributed by atoms with Gasteiger partial charge in [-0.25, -0.2) is 0 Å². The van der Waals surface area contributed by atoms with Crippen LogP contribution in [0.3, 0.4) is 0 Å². The zero-order valence-corrected chi connectivity index (χ0v) is 15.9. The van der Waals surface area contributed by atoms with Gasteiger partial charge in [-0.05, 0) is 53.8 Å². The van der Waals surface area contributed by atoms with Gasteiger partial charge in [0.25, 0.3) is 0 Å².